The van der Waals surface area contributed by atoms with E-state index in [2.05, 4.69) is 9.97 Å². The van der Waals surface area contributed by atoms with E-state index >= 15 is 0 Å². The van der Waals surface area contributed by atoms with E-state index in [0.717, 1.165) is 16.9 Å². The predicted molar refractivity (Wildman–Crippen MR) is 98.3 cm³/mol. The quantitative estimate of drug-likeness (QED) is 0.536. The summed E-state index contributed by atoms with van der Waals surface area (Å²) >= 11 is 2.83. The van der Waals surface area contributed by atoms with Gasteiger partial charge >= 0.3 is 0 Å². The molecule has 7 heteroatoms. The number of hydrogen-bond acceptors (Lipinski definition) is 6. The molecule has 0 aliphatic heterocycles. The molecule has 1 aromatic carbocycles. The van der Waals surface area contributed by atoms with E-state index in [0.29, 0.717) is 27.5 Å². The van der Waals surface area contributed by atoms with Gasteiger partial charge in [0.25, 0.3) is 5.56 Å². The fourth-order valence-corrected chi connectivity index (χ4v) is 4.20. The van der Waals surface area contributed by atoms with Gasteiger partial charge in [-0.05, 0) is 24.6 Å². The summed E-state index contributed by atoms with van der Waals surface area (Å²) in [4.78, 5) is 31.5. The van der Waals surface area contributed by atoms with Crippen molar-refractivity contribution < 1.29 is 9.53 Å². The van der Waals surface area contributed by atoms with Crippen LogP contribution >= 0.6 is 23.1 Å². The Morgan fingerprint density at radius 1 is 1.42 bits per heavy atom. The second-order valence-corrected chi connectivity index (χ2v) is 7.17. The van der Waals surface area contributed by atoms with E-state index in [4.69, 9.17) is 4.74 Å². The number of hydrogen-bond donors (Lipinski definition) is 1. The number of ether oxygens (including phenoxy) is 1. The largest absolute Gasteiger partial charge is 0.497 e. The third-order valence-corrected chi connectivity index (χ3v) is 5.24. The van der Waals surface area contributed by atoms with E-state index in [1.807, 2.05) is 29.6 Å². The molecule has 5 nitrogen and oxygen atoms in total. The van der Waals surface area contributed by atoms with Crippen molar-refractivity contribution >= 4 is 39.1 Å². The molecule has 24 heavy (non-hydrogen) atoms. The predicted octanol–water partition coefficient (Wildman–Crippen LogP) is 3.73. The summed E-state index contributed by atoms with van der Waals surface area (Å²) in [6.07, 6.45) is 0.464. The van der Waals surface area contributed by atoms with Crippen molar-refractivity contribution in [3.8, 4) is 16.9 Å². The maximum Gasteiger partial charge on any atom is 0.260 e. The van der Waals surface area contributed by atoms with Crippen LogP contribution in [-0.4, -0.2) is 28.6 Å². The molecule has 0 spiro atoms. The number of H-pyrrole nitrogens is 1. The van der Waals surface area contributed by atoms with Gasteiger partial charge in [-0.3, -0.25) is 9.59 Å². The lowest BCUT2D eigenvalue weighted by molar-refractivity contribution is -0.116. The number of Topliss-reactive ketones (excluding diaryl/α,β-unsaturated/α-hetero) is 1. The summed E-state index contributed by atoms with van der Waals surface area (Å²) in [5.41, 5.74) is 1.61. The van der Waals surface area contributed by atoms with E-state index < -0.39 is 0 Å². The summed E-state index contributed by atoms with van der Waals surface area (Å²) in [6, 6.07) is 7.60. The standard InChI is InChI=1S/C17H16N2O3S2/c1-10(20)6-7-23-17-18-15(21)14-13(9-24-16(14)19-17)11-4-3-5-12(8-11)22-2/h3-5,8-9H,6-7H2,1-2H3,(H,18,19,21). The number of thioether (sulfide) groups is 1. The minimum atomic E-state index is -0.163. The summed E-state index contributed by atoms with van der Waals surface area (Å²) < 4.78 is 5.25. The van der Waals surface area contributed by atoms with Gasteiger partial charge in [-0.15, -0.1) is 11.3 Å². The van der Waals surface area contributed by atoms with Crippen molar-refractivity contribution in [2.75, 3.05) is 12.9 Å². The van der Waals surface area contributed by atoms with Gasteiger partial charge < -0.3 is 9.72 Å². The van der Waals surface area contributed by atoms with Crippen molar-refractivity contribution in [3.05, 3.63) is 40.0 Å². The number of aromatic nitrogens is 2. The third kappa shape index (κ3) is 3.52. The average molecular weight is 360 g/mol. The van der Waals surface area contributed by atoms with Gasteiger partial charge in [-0.2, -0.15) is 0 Å². The highest BCUT2D eigenvalue weighted by Crippen LogP contribution is 2.33. The highest BCUT2D eigenvalue weighted by atomic mass is 32.2. The Morgan fingerprint density at radius 2 is 2.25 bits per heavy atom. The molecule has 0 aliphatic rings. The Balaban J connectivity index is 1.97. The first-order valence-electron chi connectivity index (χ1n) is 7.36. The number of nitrogens with one attached hydrogen (secondary N) is 1. The number of rotatable bonds is 6. The number of carbonyl (C=O) groups excluding carboxylic acids is 1. The van der Waals surface area contributed by atoms with Gasteiger partial charge in [0, 0.05) is 23.1 Å². The van der Waals surface area contributed by atoms with Crippen LogP contribution in [0.3, 0.4) is 0 Å². The molecule has 1 N–H and O–H groups in total. The fraction of sp³-hybridized carbons (Fsp3) is 0.235. The summed E-state index contributed by atoms with van der Waals surface area (Å²) in [5.74, 6) is 1.48. The Morgan fingerprint density at radius 3 is 3.00 bits per heavy atom. The zero-order valence-electron chi connectivity index (χ0n) is 13.3. The van der Waals surface area contributed by atoms with Crippen LogP contribution in [0.5, 0.6) is 5.75 Å². The number of ketones is 1. The van der Waals surface area contributed by atoms with Gasteiger partial charge in [-0.25, -0.2) is 4.98 Å². The van der Waals surface area contributed by atoms with Crippen LogP contribution in [0, 0.1) is 0 Å². The van der Waals surface area contributed by atoms with Gasteiger partial charge in [0.15, 0.2) is 5.16 Å². The zero-order valence-corrected chi connectivity index (χ0v) is 14.9. The normalized spacial score (nSPS) is 10.9. The van der Waals surface area contributed by atoms with Crippen LogP contribution in [0.25, 0.3) is 21.3 Å². The Hall–Kier alpha value is -2.12. The number of methoxy groups -OCH3 is 1. The molecule has 3 aromatic rings. The SMILES string of the molecule is COc1cccc(-c2csc3nc(SCCC(C)=O)[nH]c(=O)c23)c1. The molecule has 0 atom stereocenters. The molecule has 0 amide bonds. The molecule has 0 saturated heterocycles. The topological polar surface area (TPSA) is 72.0 Å². The van der Waals surface area contributed by atoms with Crippen LogP contribution in [0.15, 0.2) is 39.6 Å². The molecule has 0 unspecified atom stereocenters. The molecule has 0 saturated carbocycles. The minimum Gasteiger partial charge on any atom is -0.497 e. The lowest BCUT2D eigenvalue weighted by Crippen LogP contribution is -2.09. The number of nitrogens with zero attached hydrogens (tertiary/aromatic N) is 1. The first kappa shape index (κ1) is 16.7. The smallest absolute Gasteiger partial charge is 0.260 e. The monoisotopic (exact) mass is 360 g/mol. The Bertz CT molecular complexity index is 946. The summed E-state index contributed by atoms with van der Waals surface area (Å²) in [6.45, 7) is 1.56. The summed E-state index contributed by atoms with van der Waals surface area (Å²) in [7, 11) is 1.61. The maximum atomic E-state index is 12.5. The number of fused-ring (bicyclic) bond motifs is 1. The number of thiophene rings is 1. The molecule has 124 valence electrons. The Labute approximate surface area is 147 Å². The molecule has 0 fully saturated rings. The molecular weight excluding hydrogens is 344 g/mol. The number of carbonyl (C=O) groups is 1. The summed E-state index contributed by atoms with van der Waals surface area (Å²) in [5, 5.41) is 3.07. The van der Waals surface area contributed by atoms with E-state index in [9.17, 15) is 9.59 Å². The third-order valence-electron chi connectivity index (χ3n) is 3.50. The second kappa shape index (κ2) is 7.19. The first-order valence-corrected chi connectivity index (χ1v) is 9.23. The lowest BCUT2D eigenvalue weighted by atomic mass is 10.1. The van der Waals surface area contributed by atoms with E-state index in [-0.39, 0.29) is 11.3 Å². The van der Waals surface area contributed by atoms with Crippen molar-refractivity contribution in [3.63, 3.8) is 0 Å². The highest BCUT2D eigenvalue weighted by Gasteiger charge is 2.13. The average Bonchev–Trinajstić information content (AvgIpc) is 2.99. The fourth-order valence-electron chi connectivity index (χ4n) is 2.29. The highest BCUT2D eigenvalue weighted by molar-refractivity contribution is 7.99. The van der Waals surface area contributed by atoms with Crippen LogP contribution < -0.4 is 10.3 Å². The maximum absolute atomic E-state index is 12.5. The number of aromatic amines is 1. The molecule has 0 bridgehead atoms. The van der Waals surface area contributed by atoms with Crippen molar-refractivity contribution in [1.29, 1.82) is 0 Å². The van der Waals surface area contributed by atoms with Crippen LogP contribution in [0.1, 0.15) is 13.3 Å². The number of benzene rings is 1. The van der Waals surface area contributed by atoms with Gasteiger partial charge in [0.1, 0.15) is 16.4 Å². The van der Waals surface area contributed by atoms with Crippen LogP contribution in [0.4, 0.5) is 0 Å². The van der Waals surface area contributed by atoms with Crippen molar-refractivity contribution in [1.82, 2.24) is 9.97 Å². The lowest BCUT2D eigenvalue weighted by Gasteiger charge is -2.04. The van der Waals surface area contributed by atoms with Gasteiger partial charge in [0.2, 0.25) is 0 Å². The van der Waals surface area contributed by atoms with Gasteiger partial charge in [0.05, 0.1) is 12.5 Å². The molecule has 2 heterocycles. The zero-order chi connectivity index (χ0) is 17.1. The van der Waals surface area contributed by atoms with Crippen LogP contribution in [-0.2, 0) is 4.79 Å². The Kier molecular flexibility index (Phi) is 5.01. The molecular formula is C17H16N2O3S2. The van der Waals surface area contributed by atoms with E-state index in [1.54, 1.807) is 14.0 Å². The van der Waals surface area contributed by atoms with Gasteiger partial charge in [-0.1, -0.05) is 23.9 Å². The van der Waals surface area contributed by atoms with Crippen LogP contribution in [0.2, 0.25) is 0 Å². The van der Waals surface area contributed by atoms with E-state index in [1.165, 1.54) is 23.1 Å². The van der Waals surface area contributed by atoms with Crippen molar-refractivity contribution in [2.45, 2.75) is 18.5 Å². The second-order valence-electron chi connectivity index (χ2n) is 5.23. The molecule has 2 aromatic heterocycles. The molecule has 0 radical (unpaired) electrons. The van der Waals surface area contributed by atoms with Crippen molar-refractivity contribution in [2.24, 2.45) is 0 Å². The minimum absolute atomic E-state index is 0.127. The first-order chi connectivity index (χ1) is 11.6. The molecule has 0 aliphatic carbocycles. The molecule has 3 rings (SSSR count).